The summed E-state index contributed by atoms with van der Waals surface area (Å²) >= 11 is 0. The number of hydrogen-bond donors (Lipinski definition) is 1. The molecule has 9 heteroatoms. The summed E-state index contributed by atoms with van der Waals surface area (Å²) in [6.07, 6.45) is 4.87. The zero-order chi connectivity index (χ0) is 23.4. The monoisotopic (exact) mass is 451 g/mol. The summed E-state index contributed by atoms with van der Waals surface area (Å²) in [6, 6.07) is 7.22. The van der Waals surface area contributed by atoms with Gasteiger partial charge in [0.2, 0.25) is 5.88 Å². The van der Waals surface area contributed by atoms with Crippen LogP contribution in [0, 0.1) is 0 Å². The molecule has 0 saturated carbocycles. The van der Waals surface area contributed by atoms with Crippen LogP contribution in [0.25, 0.3) is 10.9 Å². The summed E-state index contributed by atoms with van der Waals surface area (Å²) in [5, 5.41) is 3.87. The van der Waals surface area contributed by atoms with E-state index in [2.05, 4.69) is 20.3 Å². The lowest BCUT2D eigenvalue weighted by Gasteiger charge is -2.32. The zero-order valence-corrected chi connectivity index (χ0v) is 19.4. The molecule has 2 aromatic heterocycles. The third-order valence-corrected chi connectivity index (χ3v) is 5.68. The van der Waals surface area contributed by atoms with Crippen molar-refractivity contribution in [1.29, 1.82) is 0 Å². The Morgan fingerprint density at radius 2 is 1.79 bits per heavy atom. The molecule has 1 fully saturated rings. The van der Waals surface area contributed by atoms with Crippen LogP contribution in [0.15, 0.2) is 36.8 Å². The van der Waals surface area contributed by atoms with E-state index >= 15 is 0 Å². The molecule has 0 spiro atoms. The summed E-state index contributed by atoms with van der Waals surface area (Å²) in [7, 11) is 3.22. The van der Waals surface area contributed by atoms with E-state index in [9.17, 15) is 4.79 Å². The summed E-state index contributed by atoms with van der Waals surface area (Å²) in [5.41, 5.74) is 2.43. The first kappa shape index (κ1) is 22.6. The third-order valence-electron chi connectivity index (χ3n) is 5.68. The number of hydrogen-bond acceptors (Lipinski definition) is 7. The van der Waals surface area contributed by atoms with Crippen LogP contribution in [0.2, 0.25) is 0 Å². The van der Waals surface area contributed by atoms with Gasteiger partial charge < -0.3 is 24.4 Å². The van der Waals surface area contributed by atoms with Crippen molar-refractivity contribution in [3.63, 3.8) is 0 Å². The number of nitrogens with zero attached hydrogens (tertiary/aromatic N) is 4. The molecule has 1 aromatic carbocycles. The fourth-order valence-electron chi connectivity index (χ4n) is 4.05. The van der Waals surface area contributed by atoms with E-state index in [0.29, 0.717) is 36.2 Å². The number of methoxy groups -OCH3 is 2. The average molecular weight is 452 g/mol. The van der Waals surface area contributed by atoms with Crippen LogP contribution in [0.4, 0.5) is 10.5 Å². The molecule has 4 rings (SSSR count). The number of anilines is 1. The molecule has 174 valence electrons. The minimum atomic E-state index is -0.133. The van der Waals surface area contributed by atoms with Gasteiger partial charge in [-0.25, -0.2) is 19.7 Å². The molecule has 1 aliphatic heterocycles. The molecule has 1 saturated heterocycles. The SMILES string of the molecule is COc1cc2ncnc(C3CCN(C(=O)Nc4ccc(OC(C)C)nc4)CC3)c2cc1OC. The number of benzene rings is 1. The smallest absolute Gasteiger partial charge is 0.321 e. The van der Waals surface area contributed by atoms with Crippen LogP contribution in [-0.4, -0.2) is 59.3 Å². The topological polar surface area (TPSA) is 98.7 Å². The molecule has 0 radical (unpaired) electrons. The number of ether oxygens (including phenoxy) is 3. The molecule has 3 heterocycles. The van der Waals surface area contributed by atoms with Crippen LogP contribution in [-0.2, 0) is 0 Å². The number of aromatic nitrogens is 3. The van der Waals surface area contributed by atoms with Gasteiger partial charge in [-0.2, -0.15) is 0 Å². The van der Waals surface area contributed by atoms with Gasteiger partial charge in [0.25, 0.3) is 0 Å². The van der Waals surface area contributed by atoms with Crippen LogP contribution in [0.3, 0.4) is 0 Å². The predicted octanol–water partition coefficient (Wildman–Crippen LogP) is 4.24. The molecule has 0 unspecified atom stereocenters. The first-order chi connectivity index (χ1) is 16.0. The Morgan fingerprint density at radius 1 is 1.06 bits per heavy atom. The van der Waals surface area contributed by atoms with Crippen molar-refractivity contribution in [3.8, 4) is 17.4 Å². The Balaban J connectivity index is 1.41. The third kappa shape index (κ3) is 5.08. The number of carbonyl (C=O) groups is 1. The zero-order valence-electron chi connectivity index (χ0n) is 19.4. The number of urea groups is 1. The summed E-state index contributed by atoms with van der Waals surface area (Å²) < 4.78 is 16.4. The lowest BCUT2D eigenvalue weighted by Crippen LogP contribution is -2.40. The molecule has 0 bridgehead atoms. The van der Waals surface area contributed by atoms with Gasteiger partial charge in [-0.3, -0.25) is 0 Å². The standard InChI is InChI=1S/C24H29N5O4/c1-15(2)33-22-6-5-17(13-25-22)28-24(30)29-9-7-16(8-10-29)23-18-11-20(31-3)21(32-4)12-19(18)26-14-27-23/h5-6,11-16H,7-10H2,1-4H3,(H,28,30). The Bertz CT molecular complexity index is 1110. The normalized spacial score (nSPS) is 14.4. The second-order valence-electron chi connectivity index (χ2n) is 8.23. The van der Waals surface area contributed by atoms with Crippen LogP contribution in [0.5, 0.6) is 17.4 Å². The first-order valence-electron chi connectivity index (χ1n) is 11.0. The van der Waals surface area contributed by atoms with Gasteiger partial charge in [0, 0.05) is 36.5 Å². The highest BCUT2D eigenvalue weighted by molar-refractivity contribution is 5.89. The predicted molar refractivity (Wildman–Crippen MR) is 125 cm³/mol. The first-order valence-corrected chi connectivity index (χ1v) is 11.0. The van der Waals surface area contributed by atoms with Crippen molar-refractivity contribution in [2.45, 2.75) is 38.7 Å². The number of piperidine rings is 1. The minimum absolute atomic E-state index is 0.0503. The van der Waals surface area contributed by atoms with E-state index in [0.717, 1.165) is 29.4 Å². The van der Waals surface area contributed by atoms with E-state index in [1.807, 2.05) is 30.9 Å². The maximum Gasteiger partial charge on any atom is 0.321 e. The highest BCUT2D eigenvalue weighted by Crippen LogP contribution is 2.36. The van der Waals surface area contributed by atoms with Gasteiger partial charge in [-0.15, -0.1) is 0 Å². The fraction of sp³-hybridized carbons (Fsp3) is 0.417. The maximum absolute atomic E-state index is 12.7. The van der Waals surface area contributed by atoms with Gasteiger partial charge in [-0.1, -0.05) is 0 Å². The lowest BCUT2D eigenvalue weighted by molar-refractivity contribution is 0.194. The van der Waals surface area contributed by atoms with Crippen molar-refractivity contribution in [2.75, 3.05) is 32.6 Å². The molecule has 3 aromatic rings. The van der Waals surface area contributed by atoms with Crippen molar-refractivity contribution >= 4 is 22.6 Å². The van der Waals surface area contributed by atoms with Crippen LogP contribution in [0.1, 0.15) is 38.3 Å². The van der Waals surface area contributed by atoms with Crippen LogP contribution < -0.4 is 19.5 Å². The second kappa shape index (κ2) is 9.89. The van der Waals surface area contributed by atoms with E-state index in [4.69, 9.17) is 14.2 Å². The molecule has 9 nitrogen and oxygen atoms in total. The average Bonchev–Trinajstić information content (AvgIpc) is 2.83. The minimum Gasteiger partial charge on any atom is -0.493 e. The van der Waals surface area contributed by atoms with Gasteiger partial charge in [0.1, 0.15) is 6.33 Å². The Kier molecular flexibility index (Phi) is 6.76. The quantitative estimate of drug-likeness (QED) is 0.598. The van der Waals surface area contributed by atoms with Gasteiger partial charge in [-0.05, 0) is 38.8 Å². The molecule has 1 N–H and O–H groups in total. The highest BCUT2D eigenvalue weighted by atomic mass is 16.5. The van der Waals surface area contributed by atoms with Crippen molar-refractivity contribution < 1.29 is 19.0 Å². The Hall–Kier alpha value is -3.62. The van der Waals surface area contributed by atoms with Crippen molar-refractivity contribution in [3.05, 3.63) is 42.5 Å². The van der Waals surface area contributed by atoms with E-state index in [1.165, 1.54) is 0 Å². The Labute approximate surface area is 193 Å². The molecule has 2 amide bonds. The number of pyridine rings is 1. The number of rotatable bonds is 6. The molecule has 33 heavy (non-hydrogen) atoms. The van der Waals surface area contributed by atoms with Crippen LogP contribution >= 0.6 is 0 Å². The van der Waals surface area contributed by atoms with Gasteiger partial charge in [0.05, 0.1) is 43.4 Å². The fourth-order valence-corrected chi connectivity index (χ4v) is 4.05. The lowest BCUT2D eigenvalue weighted by atomic mass is 9.91. The number of likely N-dealkylation sites (tertiary alicyclic amines) is 1. The van der Waals surface area contributed by atoms with Crippen molar-refractivity contribution in [1.82, 2.24) is 19.9 Å². The summed E-state index contributed by atoms with van der Waals surface area (Å²) in [6.45, 7) is 5.16. The number of nitrogens with one attached hydrogen (secondary N) is 1. The largest absolute Gasteiger partial charge is 0.493 e. The molecular formula is C24H29N5O4. The molecule has 0 atom stereocenters. The summed E-state index contributed by atoms with van der Waals surface area (Å²) in [5.74, 6) is 2.05. The molecular weight excluding hydrogens is 422 g/mol. The van der Waals surface area contributed by atoms with E-state index in [1.54, 1.807) is 38.9 Å². The Morgan fingerprint density at radius 3 is 2.42 bits per heavy atom. The molecule has 0 aliphatic carbocycles. The van der Waals surface area contributed by atoms with Gasteiger partial charge in [0.15, 0.2) is 11.5 Å². The maximum atomic E-state index is 12.7. The summed E-state index contributed by atoms with van der Waals surface area (Å²) in [4.78, 5) is 27.8. The van der Waals surface area contributed by atoms with Gasteiger partial charge >= 0.3 is 6.03 Å². The van der Waals surface area contributed by atoms with E-state index < -0.39 is 0 Å². The number of carbonyl (C=O) groups excluding carboxylic acids is 1. The number of amides is 2. The second-order valence-corrected chi connectivity index (χ2v) is 8.23. The highest BCUT2D eigenvalue weighted by Gasteiger charge is 2.26. The van der Waals surface area contributed by atoms with Crippen molar-refractivity contribution in [2.24, 2.45) is 0 Å². The number of fused-ring (bicyclic) bond motifs is 1. The van der Waals surface area contributed by atoms with E-state index in [-0.39, 0.29) is 18.1 Å². The molecule has 1 aliphatic rings.